The number of hydrogen-bond donors (Lipinski definition) is 2. The third-order valence-corrected chi connectivity index (χ3v) is 3.89. The number of halogens is 2. The topological polar surface area (TPSA) is 50.1 Å². The molecule has 2 rings (SSSR count). The van der Waals surface area contributed by atoms with E-state index in [0.717, 1.165) is 21.7 Å². The largest absolute Gasteiger partial charge is 0.465 e. The summed E-state index contributed by atoms with van der Waals surface area (Å²) in [5.74, 6) is 2.21. The Labute approximate surface area is 136 Å². The van der Waals surface area contributed by atoms with Gasteiger partial charge < -0.3 is 15.1 Å². The molecule has 0 aliphatic heterocycles. The Morgan fingerprint density at radius 2 is 2.20 bits per heavy atom. The normalized spacial score (nSPS) is 10.4. The number of pyridine rings is 1. The Hall–Kier alpha value is -1.11. The molecule has 0 aromatic carbocycles. The van der Waals surface area contributed by atoms with Gasteiger partial charge in [0.05, 0.1) is 17.3 Å². The molecule has 0 aliphatic rings. The van der Waals surface area contributed by atoms with E-state index >= 15 is 0 Å². The second-order valence-corrected chi connectivity index (χ2v) is 5.88. The summed E-state index contributed by atoms with van der Waals surface area (Å²) in [6.07, 6.45) is 0. The fourth-order valence-electron chi connectivity index (χ4n) is 1.55. The first kappa shape index (κ1) is 15.3. The van der Waals surface area contributed by atoms with E-state index in [4.69, 9.17) is 28.2 Å². The number of anilines is 1. The Morgan fingerprint density at radius 3 is 2.85 bits per heavy atom. The van der Waals surface area contributed by atoms with Gasteiger partial charge in [-0.2, -0.15) is 0 Å². The van der Waals surface area contributed by atoms with E-state index in [1.165, 1.54) is 0 Å². The lowest BCUT2D eigenvalue weighted by Gasteiger charge is -2.11. The van der Waals surface area contributed by atoms with Crippen molar-refractivity contribution in [2.45, 2.75) is 20.4 Å². The average molecular weight is 375 g/mol. The molecule has 0 amide bonds. The van der Waals surface area contributed by atoms with Crippen LogP contribution in [0, 0.1) is 13.8 Å². The van der Waals surface area contributed by atoms with Crippen LogP contribution in [0.2, 0.25) is 5.02 Å². The lowest BCUT2D eigenvalue weighted by Crippen LogP contribution is -2.28. The number of nitrogens with zero attached hydrogens (tertiary/aromatic N) is 1. The van der Waals surface area contributed by atoms with Gasteiger partial charge in [-0.3, -0.25) is 0 Å². The smallest absolute Gasteiger partial charge is 0.172 e. The van der Waals surface area contributed by atoms with Gasteiger partial charge in [0.2, 0.25) is 0 Å². The maximum atomic E-state index is 6.11. The molecule has 2 N–H and O–H groups in total. The molecule has 106 valence electrons. The van der Waals surface area contributed by atoms with Gasteiger partial charge in [0.25, 0.3) is 0 Å². The molecular weight excluding hydrogens is 362 g/mol. The predicted molar refractivity (Wildman–Crippen MR) is 88.2 cm³/mol. The Bertz CT molecular complexity index is 645. The van der Waals surface area contributed by atoms with Gasteiger partial charge in [-0.15, -0.1) is 0 Å². The molecule has 0 bridgehead atoms. The molecule has 4 nitrogen and oxygen atoms in total. The maximum Gasteiger partial charge on any atom is 0.172 e. The van der Waals surface area contributed by atoms with E-state index in [1.54, 1.807) is 6.07 Å². The van der Waals surface area contributed by atoms with Crippen LogP contribution in [0.3, 0.4) is 0 Å². The Morgan fingerprint density at radius 1 is 1.45 bits per heavy atom. The van der Waals surface area contributed by atoms with E-state index in [2.05, 4.69) is 31.5 Å². The van der Waals surface area contributed by atoms with Gasteiger partial charge >= 0.3 is 0 Å². The standard InChI is InChI=1S/C13H13BrClN3OS/c1-7-3-4-9(19-7)6-16-13(20)18-12-11(15)5-10(14)8(2)17-12/h3-5H,6H2,1-2H3,(H2,16,17,18,20). The molecule has 0 saturated heterocycles. The number of furan rings is 1. The van der Waals surface area contributed by atoms with E-state index in [1.807, 2.05) is 26.0 Å². The van der Waals surface area contributed by atoms with Crippen LogP contribution in [0.5, 0.6) is 0 Å². The van der Waals surface area contributed by atoms with Gasteiger partial charge in [-0.05, 0) is 60.2 Å². The zero-order valence-corrected chi connectivity index (χ0v) is 14.1. The monoisotopic (exact) mass is 373 g/mol. The molecule has 0 fully saturated rings. The van der Waals surface area contributed by atoms with Crippen LogP contribution in [-0.4, -0.2) is 10.1 Å². The van der Waals surface area contributed by atoms with E-state index in [-0.39, 0.29) is 0 Å². The first-order valence-electron chi connectivity index (χ1n) is 5.88. The molecule has 2 aromatic heterocycles. The summed E-state index contributed by atoms with van der Waals surface area (Å²) >= 11 is 14.7. The highest BCUT2D eigenvalue weighted by molar-refractivity contribution is 9.10. The highest BCUT2D eigenvalue weighted by Crippen LogP contribution is 2.25. The third-order valence-electron chi connectivity index (χ3n) is 2.56. The maximum absolute atomic E-state index is 6.11. The van der Waals surface area contributed by atoms with E-state index < -0.39 is 0 Å². The van der Waals surface area contributed by atoms with Crippen LogP contribution in [0.25, 0.3) is 0 Å². The summed E-state index contributed by atoms with van der Waals surface area (Å²) in [6, 6.07) is 5.59. The number of thiocarbonyl (C=S) groups is 1. The van der Waals surface area contributed by atoms with Crippen LogP contribution in [0.1, 0.15) is 17.2 Å². The molecule has 0 saturated carbocycles. The highest BCUT2D eigenvalue weighted by Gasteiger charge is 2.08. The van der Waals surface area contributed by atoms with Crippen molar-refractivity contribution in [3.8, 4) is 0 Å². The minimum Gasteiger partial charge on any atom is -0.465 e. The van der Waals surface area contributed by atoms with Crippen LogP contribution in [0.15, 0.2) is 27.1 Å². The van der Waals surface area contributed by atoms with Crippen LogP contribution < -0.4 is 10.6 Å². The van der Waals surface area contributed by atoms with Crippen molar-refractivity contribution in [3.63, 3.8) is 0 Å². The highest BCUT2D eigenvalue weighted by atomic mass is 79.9. The predicted octanol–water partition coefficient (Wildman–Crippen LogP) is 4.19. The van der Waals surface area contributed by atoms with Crippen molar-refractivity contribution >= 4 is 50.7 Å². The van der Waals surface area contributed by atoms with Crippen molar-refractivity contribution in [3.05, 3.63) is 44.9 Å². The second-order valence-electron chi connectivity index (χ2n) is 4.21. The fourth-order valence-corrected chi connectivity index (χ4v) is 2.36. The minimum atomic E-state index is 0.440. The fraction of sp³-hybridized carbons (Fsp3) is 0.231. The van der Waals surface area contributed by atoms with E-state index in [9.17, 15) is 0 Å². The van der Waals surface area contributed by atoms with Crippen molar-refractivity contribution in [1.29, 1.82) is 0 Å². The number of rotatable bonds is 3. The van der Waals surface area contributed by atoms with Gasteiger partial charge in [0.15, 0.2) is 10.9 Å². The van der Waals surface area contributed by atoms with Gasteiger partial charge in [0.1, 0.15) is 11.5 Å². The minimum absolute atomic E-state index is 0.440. The SMILES string of the molecule is Cc1ccc(CNC(=S)Nc2nc(C)c(Br)cc2Cl)o1. The summed E-state index contributed by atoms with van der Waals surface area (Å²) in [5.41, 5.74) is 0.835. The Balaban J connectivity index is 1.96. The van der Waals surface area contributed by atoms with E-state index in [0.29, 0.717) is 22.5 Å². The number of hydrogen-bond acceptors (Lipinski definition) is 3. The molecule has 0 spiro atoms. The molecule has 0 unspecified atom stereocenters. The molecule has 20 heavy (non-hydrogen) atoms. The summed E-state index contributed by atoms with van der Waals surface area (Å²) in [6.45, 7) is 4.29. The summed E-state index contributed by atoms with van der Waals surface area (Å²) in [7, 11) is 0. The number of nitrogens with one attached hydrogen (secondary N) is 2. The zero-order valence-electron chi connectivity index (χ0n) is 11.0. The van der Waals surface area contributed by atoms with Crippen molar-refractivity contribution in [2.75, 3.05) is 5.32 Å². The number of aromatic nitrogens is 1. The number of aryl methyl sites for hydroxylation is 2. The van der Waals surface area contributed by atoms with Crippen molar-refractivity contribution in [1.82, 2.24) is 10.3 Å². The summed E-state index contributed by atoms with van der Waals surface area (Å²) < 4.78 is 6.30. The third kappa shape index (κ3) is 3.94. The molecule has 2 heterocycles. The molecule has 7 heteroatoms. The van der Waals surface area contributed by atoms with Crippen LogP contribution in [0.4, 0.5) is 5.82 Å². The average Bonchev–Trinajstić information content (AvgIpc) is 2.79. The molecule has 0 aliphatic carbocycles. The first-order chi connectivity index (χ1) is 9.45. The molecule has 0 atom stereocenters. The van der Waals surface area contributed by atoms with Gasteiger partial charge in [0, 0.05) is 4.47 Å². The van der Waals surface area contributed by atoms with Gasteiger partial charge in [-0.1, -0.05) is 11.6 Å². The molecule has 0 radical (unpaired) electrons. The Kier molecular flexibility index (Phi) is 5.01. The lowest BCUT2D eigenvalue weighted by molar-refractivity contribution is 0.478. The zero-order chi connectivity index (χ0) is 14.7. The van der Waals surface area contributed by atoms with Crippen molar-refractivity contribution in [2.24, 2.45) is 0 Å². The van der Waals surface area contributed by atoms with Crippen molar-refractivity contribution < 1.29 is 4.42 Å². The van der Waals surface area contributed by atoms with Gasteiger partial charge in [-0.25, -0.2) is 4.98 Å². The summed E-state index contributed by atoms with van der Waals surface area (Å²) in [5, 5.41) is 6.95. The quantitative estimate of drug-likeness (QED) is 0.789. The van der Waals surface area contributed by atoms with Crippen LogP contribution in [-0.2, 0) is 6.54 Å². The first-order valence-corrected chi connectivity index (χ1v) is 7.46. The molecule has 2 aromatic rings. The molecular formula is C13H13BrClN3OS. The lowest BCUT2D eigenvalue weighted by atomic mass is 10.3. The second kappa shape index (κ2) is 6.56. The van der Waals surface area contributed by atoms with Crippen LogP contribution >= 0.6 is 39.7 Å². The summed E-state index contributed by atoms with van der Waals surface area (Å²) in [4.78, 5) is 4.33.